The van der Waals surface area contributed by atoms with E-state index >= 15 is 0 Å². The van der Waals surface area contributed by atoms with Crippen molar-refractivity contribution in [1.82, 2.24) is 0 Å². The molecule has 2 heteroatoms. The first kappa shape index (κ1) is 9.82. The summed E-state index contributed by atoms with van der Waals surface area (Å²) in [5.74, 6) is 0. The molecule has 11 heavy (non-hydrogen) atoms. The van der Waals surface area contributed by atoms with E-state index in [0.717, 1.165) is 23.8 Å². The molecular weight excluding hydrogens is 143 g/mol. The Morgan fingerprint density at radius 2 is 2.00 bits per heavy atom. The van der Waals surface area contributed by atoms with Crippen LogP contribution in [-0.4, -0.2) is 6.29 Å². The molecule has 0 N–H and O–H groups in total. The highest BCUT2D eigenvalue weighted by atomic mass is 19.0. The third-order valence-electron chi connectivity index (χ3n) is 1.56. The summed E-state index contributed by atoms with van der Waals surface area (Å²) in [4.78, 5) is 10.4. The van der Waals surface area contributed by atoms with Crippen LogP contribution in [0.25, 0.3) is 0 Å². The van der Waals surface area contributed by atoms with E-state index in [9.17, 15) is 4.79 Å². The van der Waals surface area contributed by atoms with Gasteiger partial charge in [0.15, 0.2) is 0 Å². The van der Waals surface area contributed by atoms with E-state index in [-0.39, 0.29) is 4.70 Å². The van der Waals surface area contributed by atoms with E-state index < -0.39 is 0 Å². The monoisotopic (exact) mass is 154 g/mol. The minimum Gasteiger partial charge on any atom is -0.298 e. The van der Waals surface area contributed by atoms with Crippen molar-refractivity contribution in [3.63, 3.8) is 0 Å². The van der Waals surface area contributed by atoms with Crippen LogP contribution in [0.15, 0.2) is 24.3 Å². The lowest BCUT2D eigenvalue weighted by atomic mass is 10.1. The largest absolute Gasteiger partial charge is 0.298 e. The van der Waals surface area contributed by atoms with Crippen LogP contribution in [0.1, 0.15) is 22.8 Å². The van der Waals surface area contributed by atoms with Crippen molar-refractivity contribution in [2.75, 3.05) is 0 Å². The van der Waals surface area contributed by atoms with Gasteiger partial charge in [0, 0.05) is 5.56 Å². The topological polar surface area (TPSA) is 17.1 Å². The maximum atomic E-state index is 10.4. The Hall–Kier alpha value is -1.18. The predicted molar refractivity (Wildman–Crippen MR) is 43.7 cm³/mol. The van der Waals surface area contributed by atoms with Crippen LogP contribution in [0.5, 0.6) is 0 Å². The van der Waals surface area contributed by atoms with Gasteiger partial charge in [0.2, 0.25) is 0 Å². The van der Waals surface area contributed by atoms with E-state index in [4.69, 9.17) is 0 Å². The van der Waals surface area contributed by atoms with Gasteiger partial charge in [-0.2, -0.15) is 0 Å². The van der Waals surface area contributed by atoms with Crippen molar-refractivity contribution in [2.45, 2.75) is 13.3 Å². The molecule has 1 rings (SSSR count). The molecule has 0 aliphatic rings. The van der Waals surface area contributed by atoms with Crippen molar-refractivity contribution in [3.05, 3.63) is 35.4 Å². The van der Waals surface area contributed by atoms with Gasteiger partial charge in [0.1, 0.15) is 6.29 Å². The summed E-state index contributed by atoms with van der Waals surface area (Å²) in [6.45, 7) is 2.04. The number of carbonyl (C=O) groups excluding carboxylic acids is 1. The lowest BCUT2D eigenvalue weighted by molar-refractivity contribution is 0.112. The van der Waals surface area contributed by atoms with E-state index in [1.165, 1.54) is 0 Å². The van der Waals surface area contributed by atoms with Gasteiger partial charge in [-0.25, -0.2) is 0 Å². The van der Waals surface area contributed by atoms with E-state index in [0.29, 0.717) is 0 Å². The second-order valence-corrected chi connectivity index (χ2v) is 2.17. The molecule has 60 valence electrons. The van der Waals surface area contributed by atoms with Crippen LogP contribution in [0.3, 0.4) is 0 Å². The molecule has 1 aromatic carbocycles. The molecule has 0 atom stereocenters. The molecule has 0 radical (unpaired) electrons. The number of benzene rings is 1. The van der Waals surface area contributed by atoms with Crippen LogP contribution < -0.4 is 0 Å². The van der Waals surface area contributed by atoms with Crippen molar-refractivity contribution in [3.8, 4) is 0 Å². The Kier molecular flexibility index (Phi) is 4.11. The Labute approximate surface area is 65.4 Å². The van der Waals surface area contributed by atoms with Crippen molar-refractivity contribution in [2.24, 2.45) is 0 Å². The van der Waals surface area contributed by atoms with Gasteiger partial charge < -0.3 is 0 Å². The summed E-state index contributed by atoms with van der Waals surface area (Å²) < 4.78 is 0. The summed E-state index contributed by atoms with van der Waals surface area (Å²) in [6.07, 6.45) is 1.83. The molecule has 1 aromatic rings. The highest BCUT2D eigenvalue weighted by Gasteiger charge is 1.94. The molecule has 1 nitrogen and oxygen atoms in total. The summed E-state index contributed by atoms with van der Waals surface area (Å²) in [6, 6.07) is 7.64. The molecule has 0 saturated heterocycles. The molecule has 0 aromatic heterocycles. The lowest BCUT2D eigenvalue weighted by Crippen LogP contribution is -1.88. The minimum absolute atomic E-state index is 0. The van der Waals surface area contributed by atoms with Crippen LogP contribution in [0.2, 0.25) is 0 Å². The fraction of sp³-hybridized carbons (Fsp3) is 0.222. The second-order valence-electron chi connectivity index (χ2n) is 2.17. The number of rotatable bonds is 2. The van der Waals surface area contributed by atoms with Crippen LogP contribution in [0, 0.1) is 0 Å². The standard InChI is InChI=1S/C9H10O.FH/c1-2-8-5-3-4-6-9(8)7-10;/h3-7H,2H2,1H3;1H. The number of carbonyl (C=O) groups is 1. The third-order valence-corrected chi connectivity index (χ3v) is 1.56. The predicted octanol–water partition coefficient (Wildman–Crippen LogP) is 2.21. The minimum atomic E-state index is 0. The average Bonchev–Trinajstić information content (AvgIpc) is 2.04. The average molecular weight is 154 g/mol. The van der Waals surface area contributed by atoms with Gasteiger partial charge >= 0.3 is 0 Å². The quantitative estimate of drug-likeness (QED) is 0.597. The number of aryl methyl sites for hydroxylation is 1. The normalized spacial score (nSPS) is 8.45. The first-order chi connectivity index (χ1) is 4.88. The SMILES string of the molecule is CCc1ccccc1C=O.F. The summed E-state index contributed by atoms with van der Waals surface area (Å²) in [5, 5.41) is 0. The number of aldehydes is 1. The Balaban J connectivity index is 0.000001000. The highest BCUT2D eigenvalue weighted by Crippen LogP contribution is 2.05. The summed E-state index contributed by atoms with van der Waals surface area (Å²) in [5.41, 5.74) is 1.93. The Morgan fingerprint density at radius 3 is 2.45 bits per heavy atom. The molecule has 0 unspecified atom stereocenters. The zero-order valence-electron chi connectivity index (χ0n) is 6.41. The summed E-state index contributed by atoms with van der Waals surface area (Å²) in [7, 11) is 0. The van der Waals surface area contributed by atoms with Crippen LogP contribution in [0.4, 0.5) is 4.70 Å². The summed E-state index contributed by atoms with van der Waals surface area (Å²) >= 11 is 0. The molecule has 0 amide bonds. The molecular formula is C9H11FO. The zero-order chi connectivity index (χ0) is 7.40. The molecule has 0 spiro atoms. The molecule has 0 heterocycles. The van der Waals surface area contributed by atoms with Gasteiger partial charge in [-0.1, -0.05) is 31.2 Å². The van der Waals surface area contributed by atoms with Crippen LogP contribution in [-0.2, 0) is 6.42 Å². The second kappa shape index (κ2) is 4.61. The van der Waals surface area contributed by atoms with Crippen molar-refractivity contribution < 1.29 is 9.50 Å². The van der Waals surface area contributed by atoms with Crippen molar-refractivity contribution >= 4 is 6.29 Å². The maximum absolute atomic E-state index is 10.4. The van der Waals surface area contributed by atoms with Gasteiger partial charge in [-0.3, -0.25) is 9.50 Å². The molecule has 0 fully saturated rings. The Bertz CT molecular complexity index is 233. The van der Waals surface area contributed by atoms with Gasteiger partial charge in [-0.15, -0.1) is 0 Å². The van der Waals surface area contributed by atoms with E-state index in [1.807, 2.05) is 31.2 Å². The molecule has 0 aliphatic heterocycles. The van der Waals surface area contributed by atoms with Gasteiger partial charge in [0.05, 0.1) is 0 Å². The van der Waals surface area contributed by atoms with Gasteiger partial charge in [-0.05, 0) is 12.0 Å². The number of halogens is 1. The fourth-order valence-corrected chi connectivity index (χ4v) is 0.971. The van der Waals surface area contributed by atoms with Crippen molar-refractivity contribution in [1.29, 1.82) is 0 Å². The highest BCUT2D eigenvalue weighted by molar-refractivity contribution is 5.77. The van der Waals surface area contributed by atoms with E-state index in [1.54, 1.807) is 0 Å². The molecule has 0 bridgehead atoms. The lowest BCUT2D eigenvalue weighted by Gasteiger charge is -1.97. The third kappa shape index (κ3) is 2.15. The maximum Gasteiger partial charge on any atom is 0.150 e. The molecule has 0 aliphatic carbocycles. The zero-order valence-corrected chi connectivity index (χ0v) is 6.41. The first-order valence-electron chi connectivity index (χ1n) is 3.41. The van der Waals surface area contributed by atoms with Gasteiger partial charge in [0.25, 0.3) is 0 Å². The number of hydrogen-bond acceptors (Lipinski definition) is 1. The molecule has 0 saturated carbocycles. The smallest absolute Gasteiger partial charge is 0.150 e. The van der Waals surface area contributed by atoms with E-state index in [2.05, 4.69) is 0 Å². The number of hydrogen-bond donors (Lipinski definition) is 0. The van der Waals surface area contributed by atoms with Crippen LogP contribution >= 0.6 is 0 Å². The first-order valence-corrected chi connectivity index (χ1v) is 3.41. The fourth-order valence-electron chi connectivity index (χ4n) is 0.971. The Morgan fingerprint density at radius 1 is 1.36 bits per heavy atom.